The number of nitrogens with two attached hydrogens (primary N) is 1. The van der Waals surface area contributed by atoms with Gasteiger partial charge in [-0.15, -0.1) is 0 Å². The van der Waals surface area contributed by atoms with Crippen molar-refractivity contribution >= 4 is 0 Å². The standard InChI is InChI=1S/C9H22N2O3/c1-11(4-3-10)7-9(12)8-14-6-5-13-2/h9,12H,3-8,10H2,1-2H3. The van der Waals surface area contributed by atoms with Gasteiger partial charge in [-0.2, -0.15) is 0 Å². The van der Waals surface area contributed by atoms with Crippen LogP contribution in [0.25, 0.3) is 0 Å². The first-order valence-corrected chi connectivity index (χ1v) is 4.84. The van der Waals surface area contributed by atoms with Crippen molar-refractivity contribution in [3.63, 3.8) is 0 Å². The van der Waals surface area contributed by atoms with Crippen LogP contribution in [0.2, 0.25) is 0 Å². The van der Waals surface area contributed by atoms with Crippen LogP contribution < -0.4 is 5.73 Å². The molecule has 1 atom stereocenters. The predicted molar refractivity (Wildman–Crippen MR) is 55.3 cm³/mol. The molecule has 0 rings (SSSR count). The molecular weight excluding hydrogens is 184 g/mol. The van der Waals surface area contributed by atoms with Crippen molar-refractivity contribution in [2.45, 2.75) is 6.10 Å². The number of nitrogens with zero attached hydrogens (tertiary/aromatic N) is 1. The molecule has 3 N–H and O–H groups in total. The van der Waals surface area contributed by atoms with Crippen molar-refractivity contribution in [3.05, 3.63) is 0 Å². The van der Waals surface area contributed by atoms with Crippen molar-refractivity contribution in [1.82, 2.24) is 4.90 Å². The van der Waals surface area contributed by atoms with Crippen LogP contribution in [0.5, 0.6) is 0 Å². The van der Waals surface area contributed by atoms with E-state index < -0.39 is 6.10 Å². The van der Waals surface area contributed by atoms with Gasteiger partial charge in [0.15, 0.2) is 0 Å². The Kier molecular flexibility index (Phi) is 9.23. The van der Waals surface area contributed by atoms with Gasteiger partial charge in [-0.3, -0.25) is 0 Å². The molecule has 0 aromatic heterocycles. The molecule has 0 aromatic carbocycles. The molecule has 0 aromatic rings. The van der Waals surface area contributed by atoms with Crippen LogP contribution in [-0.2, 0) is 9.47 Å². The van der Waals surface area contributed by atoms with E-state index in [2.05, 4.69) is 0 Å². The number of hydrogen-bond acceptors (Lipinski definition) is 5. The monoisotopic (exact) mass is 206 g/mol. The van der Waals surface area contributed by atoms with E-state index in [0.29, 0.717) is 32.9 Å². The molecule has 0 fully saturated rings. The molecule has 0 saturated heterocycles. The minimum absolute atomic E-state index is 0.346. The zero-order chi connectivity index (χ0) is 10.8. The van der Waals surface area contributed by atoms with Crippen LogP contribution in [0.1, 0.15) is 0 Å². The molecule has 0 saturated carbocycles. The normalized spacial score (nSPS) is 13.5. The van der Waals surface area contributed by atoms with Gasteiger partial charge in [-0.1, -0.05) is 0 Å². The van der Waals surface area contributed by atoms with Gasteiger partial charge in [0.1, 0.15) is 0 Å². The Morgan fingerprint density at radius 1 is 1.43 bits per heavy atom. The third-order valence-electron chi connectivity index (χ3n) is 1.78. The Bertz CT molecular complexity index is 125. The fraction of sp³-hybridized carbons (Fsp3) is 1.00. The highest BCUT2D eigenvalue weighted by atomic mass is 16.5. The highest BCUT2D eigenvalue weighted by molar-refractivity contribution is 4.60. The van der Waals surface area contributed by atoms with Crippen molar-refractivity contribution in [3.8, 4) is 0 Å². The van der Waals surface area contributed by atoms with Gasteiger partial charge in [0.05, 0.1) is 25.9 Å². The first kappa shape index (κ1) is 13.8. The number of rotatable bonds is 9. The second-order valence-corrected chi connectivity index (χ2v) is 3.27. The Balaban J connectivity index is 3.30. The van der Waals surface area contributed by atoms with Gasteiger partial charge in [0, 0.05) is 26.7 Å². The Morgan fingerprint density at radius 2 is 2.14 bits per heavy atom. The van der Waals surface area contributed by atoms with Crippen molar-refractivity contribution in [2.24, 2.45) is 5.73 Å². The lowest BCUT2D eigenvalue weighted by Crippen LogP contribution is -2.35. The van der Waals surface area contributed by atoms with Crippen LogP contribution in [0.3, 0.4) is 0 Å². The van der Waals surface area contributed by atoms with E-state index in [9.17, 15) is 5.11 Å². The number of ether oxygens (including phenoxy) is 2. The maximum Gasteiger partial charge on any atom is 0.0900 e. The summed E-state index contributed by atoms with van der Waals surface area (Å²) in [6.07, 6.45) is -0.455. The highest BCUT2D eigenvalue weighted by Gasteiger charge is 2.07. The zero-order valence-corrected chi connectivity index (χ0v) is 9.11. The molecule has 1 unspecified atom stereocenters. The maximum atomic E-state index is 9.50. The van der Waals surface area contributed by atoms with Crippen LogP contribution in [0.4, 0.5) is 0 Å². The molecule has 14 heavy (non-hydrogen) atoms. The molecule has 0 heterocycles. The molecule has 5 nitrogen and oxygen atoms in total. The lowest BCUT2D eigenvalue weighted by Gasteiger charge is -2.19. The van der Waals surface area contributed by atoms with Gasteiger partial charge in [-0.05, 0) is 7.05 Å². The largest absolute Gasteiger partial charge is 0.389 e. The molecule has 0 spiro atoms. The van der Waals surface area contributed by atoms with Crippen molar-refractivity contribution in [2.75, 3.05) is 53.6 Å². The molecule has 0 radical (unpaired) electrons. The molecule has 0 bridgehead atoms. The van der Waals surface area contributed by atoms with Gasteiger partial charge in [-0.25, -0.2) is 0 Å². The molecular formula is C9H22N2O3. The Labute approximate surface area is 85.8 Å². The van der Waals surface area contributed by atoms with E-state index in [1.807, 2.05) is 11.9 Å². The maximum absolute atomic E-state index is 9.50. The molecule has 0 amide bonds. The van der Waals surface area contributed by atoms with E-state index in [4.69, 9.17) is 15.2 Å². The average Bonchev–Trinajstić information content (AvgIpc) is 2.13. The summed E-state index contributed by atoms with van der Waals surface area (Å²) < 4.78 is 9.99. The minimum Gasteiger partial charge on any atom is -0.389 e. The van der Waals surface area contributed by atoms with E-state index in [-0.39, 0.29) is 0 Å². The van der Waals surface area contributed by atoms with Gasteiger partial charge >= 0.3 is 0 Å². The van der Waals surface area contributed by atoms with Crippen molar-refractivity contribution in [1.29, 1.82) is 0 Å². The van der Waals surface area contributed by atoms with Crippen molar-refractivity contribution < 1.29 is 14.6 Å². The summed E-state index contributed by atoms with van der Waals surface area (Å²) in [6, 6.07) is 0. The summed E-state index contributed by atoms with van der Waals surface area (Å²) in [5.74, 6) is 0. The minimum atomic E-state index is -0.455. The van der Waals surface area contributed by atoms with E-state index >= 15 is 0 Å². The number of aliphatic hydroxyl groups is 1. The van der Waals surface area contributed by atoms with E-state index in [0.717, 1.165) is 6.54 Å². The number of aliphatic hydroxyl groups excluding tert-OH is 1. The molecule has 5 heteroatoms. The van der Waals surface area contributed by atoms with Crippen LogP contribution in [0, 0.1) is 0 Å². The van der Waals surface area contributed by atoms with E-state index in [1.54, 1.807) is 7.11 Å². The predicted octanol–water partition coefficient (Wildman–Crippen LogP) is -1.10. The number of methoxy groups -OCH3 is 1. The third-order valence-corrected chi connectivity index (χ3v) is 1.78. The third kappa shape index (κ3) is 8.40. The summed E-state index contributed by atoms with van der Waals surface area (Å²) in [5.41, 5.74) is 5.37. The summed E-state index contributed by atoms with van der Waals surface area (Å²) in [5, 5.41) is 9.50. The second kappa shape index (κ2) is 9.36. The second-order valence-electron chi connectivity index (χ2n) is 3.27. The van der Waals surface area contributed by atoms with Gasteiger partial charge in [0.25, 0.3) is 0 Å². The topological polar surface area (TPSA) is 68.0 Å². The van der Waals surface area contributed by atoms with Crippen LogP contribution >= 0.6 is 0 Å². The van der Waals surface area contributed by atoms with Crippen LogP contribution in [-0.4, -0.2) is 69.7 Å². The van der Waals surface area contributed by atoms with Gasteiger partial charge in [0.2, 0.25) is 0 Å². The first-order chi connectivity index (χ1) is 6.70. The van der Waals surface area contributed by atoms with Gasteiger partial charge < -0.3 is 25.2 Å². The number of hydrogen-bond donors (Lipinski definition) is 2. The summed E-state index contributed by atoms with van der Waals surface area (Å²) in [4.78, 5) is 1.98. The average molecular weight is 206 g/mol. The summed E-state index contributed by atoms with van der Waals surface area (Å²) in [7, 11) is 3.54. The quantitative estimate of drug-likeness (QED) is 0.469. The lowest BCUT2D eigenvalue weighted by atomic mass is 10.3. The Morgan fingerprint density at radius 3 is 2.71 bits per heavy atom. The highest BCUT2D eigenvalue weighted by Crippen LogP contribution is 1.90. The van der Waals surface area contributed by atoms with Crippen LogP contribution in [0.15, 0.2) is 0 Å². The summed E-state index contributed by atoms with van der Waals surface area (Å²) >= 11 is 0. The lowest BCUT2D eigenvalue weighted by molar-refractivity contribution is 0.00270. The smallest absolute Gasteiger partial charge is 0.0900 e. The number of likely N-dealkylation sites (N-methyl/N-ethyl adjacent to an activating group) is 1. The first-order valence-electron chi connectivity index (χ1n) is 4.84. The molecule has 0 aliphatic carbocycles. The molecule has 86 valence electrons. The molecule has 0 aliphatic rings. The molecule has 0 aliphatic heterocycles. The SMILES string of the molecule is COCCOCC(O)CN(C)CCN. The summed E-state index contributed by atoms with van der Waals surface area (Å²) in [6.45, 7) is 3.41. The fourth-order valence-corrected chi connectivity index (χ4v) is 1.09. The zero-order valence-electron chi connectivity index (χ0n) is 9.11. The fourth-order valence-electron chi connectivity index (χ4n) is 1.09. The Hall–Kier alpha value is -0.200. The van der Waals surface area contributed by atoms with E-state index in [1.165, 1.54) is 0 Å².